The minimum Gasteiger partial charge on any atom is -0.380 e. The van der Waals surface area contributed by atoms with Crippen LogP contribution in [0.5, 0.6) is 0 Å². The van der Waals surface area contributed by atoms with Crippen molar-refractivity contribution in [2.75, 3.05) is 0 Å². The largest absolute Gasteiger partial charge is 0.380 e. The van der Waals surface area contributed by atoms with E-state index in [9.17, 15) is 5.11 Å². The highest BCUT2D eigenvalue weighted by Crippen LogP contribution is 2.26. The van der Waals surface area contributed by atoms with Crippen LogP contribution in [0.4, 0.5) is 0 Å². The highest BCUT2D eigenvalue weighted by molar-refractivity contribution is 6.30. The highest BCUT2D eigenvalue weighted by Gasteiger charge is 2.18. The third kappa shape index (κ3) is 3.31. The summed E-state index contributed by atoms with van der Waals surface area (Å²) < 4.78 is 1.97. The van der Waals surface area contributed by atoms with Gasteiger partial charge in [-0.1, -0.05) is 41.9 Å². The van der Waals surface area contributed by atoms with Crippen molar-refractivity contribution in [1.29, 1.82) is 0 Å². The molecule has 3 rings (SSSR count). The SMILES string of the molecule is Cc1cccc(C(O)c2nccn2Cc2ccc(Cl)cc2)c1C. The number of rotatable bonds is 4. The van der Waals surface area contributed by atoms with Crippen molar-refractivity contribution < 1.29 is 5.11 Å². The van der Waals surface area contributed by atoms with Gasteiger partial charge in [-0.15, -0.1) is 0 Å². The van der Waals surface area contributed by atoms with Gasteiger partial charge in [-0.25, -0.2) is 4.98 Å². The first-order chi connectivity index (χ1) is 11.1. The number of nitrogens with zero attached hydrogens (tertiary/aromatic N) is 2. The summed E-state index contributed by atoms with van der Waals surface area (Å²) in [6.45, 7) is 4.72. The number of aliphatic hydroxyl groups excluding tert-OH is 1. The average Bonchev–Trinajstić information content (AvgIpc) is 3.00. The van der Waals surface area contributed by atoms with Gasteiger partial charge in [0.1, 0.15) is 11.9 Å². The Morgan fingerprint density at radius 3 is 2.61 bits per heavy atom. The zero-order valence-corrected chi connectivity index (χ0v) is 14.0. The van der Waals surface area contributed by atoms with Crippen LogP contribution >= 0.6 is 11.6 Å². The summed E-state index contributed by atoms with van der Waals surface area (Å²) in [6, 6.07) is 13.7. The lowest BCUT2D eigenvalue weighted by Crippen LogP contribution is -2.12. The van der Waals surface area contributed by atoms with Gasteiger partial charge in [0, 0.05) is 24.0 Å². The molecular weight excluding hydrogens is 308 g/mol. The molecule has 0 aliphatic heterocycles. The Bertz CT molecular complexity index is 808. The molecule has 0 aliphatic rings. The van der Waals surface area contributed by atoms with Crippen LogP contribution in [0.2, 0.25) is 5.02 Å². The number of hydrogen-bond donors (Lipinski definition) is 1. The molecule has 3 nitrogen and oxygen atoms in total. The molecule has 2 aromatic carbocycles. The maximum atomic E-state index is 10.8. The minimum atomic E-state index is -0.739. The maximum absolute atomic E-state index is 10.8. The molecular formula is C19H19ClN2O. The summed E-state index contributed by atoms with van der Waals surface area (Å²) in [5.41, 5.74) is 4.27. The molecule has 0 fully saturated rings. The van der Waals surface area contributed by atoms with E-state index in [1.165, 1.54) is 0 Å². The molecule has 0 aliphatic carbocycles. The third-order valence-electron chi connectivity index (χ3n) is 4.20. The lowest BCUT2D eigenvalue weighted by atomic mass is 9.99. The monoisotopic (exact) mass is 326 g/mol. The van der Waals surface area contributed by atoms with Crippen molar-refractivity contribution in [2.24, 2.45) is 0 Å². The second kappa shape index (κ2) is 6.57. The van der Waals surface area contributed by atoms with Gasteiger partial charge in [-0.05, 0) is 48.2 Å². The number of aryl methyl sites for hydroxylation is 1. The van der Waals surface area contributed by atoms with Crippen molar-refractivity contribution in [3.05, 3.63) is 88.0 Å². The van der Waals surface area contributed by atoms with Gasteiger partial charge < -0.3 is 9.67 Å². The molecule has 0 amide bonds. The van der Waals surface area contributed by atoms with E-state index in [0.717, 1.165) is 27.3 Å². The van der Waals surface area contributed by atoms with Gasteiger partial charge in [0.15, 0.2) is 0 Å². The summed E-state index contributed by atoms with van der Waals surface area (Å²) in [6.07, 6.45) is 2.87. The fraction of sp³-hybridized carbons (Fsp3) is 0.211. The summed E-state index contributed by atoms with van der Waals surface area (Å²) >= 11 is 5.93. The number of aromatic nitrogens is 2. The second-order valence-corrected chi connectivity index (χ2v) is 6.17. The smallest absolute Gasteiger partial charge is 0.142 e. The van der Waals surface area contributed by atoms with E-state index in [2.05, 4.69) is 4.98 Å². The van der Waals surface area contributed by atoms with Crippen LogP contribution in [-0.2, 0) is 6.54 Å². The first-order valence-electron chi connectivity index (χ1n) is 7.56. The summed E-state index contributed by atoms with van der Waals surface area (Å²) in [7, 11) is 0. The molecule has 0 saturated heterocycles. The predicted octanol–water partition coefficient (Wildman–Crippen LogP) is 4.28. The van der Waals surface area contributed by atoms with Crippen molar-refractivity contribution in [3.63, 3.8) is 0 Å². The van der Waals surface area contributed by atoms with E-state index in [0.29, 0.717) is 12.4 Å². The molecule has 3 aromatic rings. The molecule has 1 atom stereocenters. The van der Waals surface area contributed by atoms with E-state index in [1.54, 1.807) is 6.20 Å². The average molecular weight is 327 g/mol. The predicted molar refractivity (Wildman–Crippen MR) is 92.8 cm³/mol. The van der Waals surface area contributed by atoms with Gasteiger partial charge >= 0.3 is 0 Å². The number of imidazole rings is 1. The number of aliphatic hydroxyl groups is 1. The number of hydrogen-bond acceptors (Lipinski definition) is 2. The lowest BCUT2D eigenvalue weighted by molar-refractivity contribution is 0.204. The molecule has 118 valence electrons. The lowest BCUT2D eigenvalue weighted by Gasteiger charge is -2.17. The molecule has 1 unspecified atom stereocenters. The molecule has 0 spiro atoms. The van der Waals surface area contributed by atoms with E-state index >= 15 is 0 Å². The quantitative estimate of drug-likeness (QED) is 0.777. The van der Waals surface area contributed by atoms with Gasteiger partial charge in [0.05, 0.1) is 0 Å². The van der Waals surface area contributed by atoms with Crippen molar-refractivity contribution in [2.45, 2.75) is 26.5 Å². The summed E-state index contributed by atoms with van der Waals surface area (Å²) in [5.74, 6) is 0.647. The third-order valence-corrected chi connectivity index (χ3v) is 4.45. The molecule has 0 saturated carbocycles. The second-order valence-electron chi connectivity index (χ2n) is 5.73. The molecule has 1 N–H and O–H groups in total. The number of benzene rings is 2. The first kappa shape index (κ1) is 15.8. The highest BCUT2D eigenvalue weighted by atomic mass is 35.5. The minimum absolute atomic E-state index is 0.647. The Morgan fingerprint density at radius 2 is 1.87 bits per heavy atom. The molecule has 1 aromatic heterocycles. The Hall–Kier alpha value is -2.10. The van der Waals surface area contributed by atoms with E-state index < -0.39 is 6.10 Å². The van der Waals surface area contributed by atoms with E-state index in [1.807, 2.05) is 67.1 Å². The van der Waals surface area contributed by atoms with Crippen molar-refractivity contribution in [1.82, 2.24) is 9.55 Å². The van der Waals surface area contributed by atoms with E-state index in [4.69, 9.17) is 11.6 Å². The molecule has 23 heavy (non-hydrogen) atoms. The number of halogens is 1. The van der Waals surface area contributed by atoms with Gasteiger partial charge in [-0.3, -0.25) is 0 Å². The molecule has 4 heteroatoms. The van der Waals surface area contributed by atoms with Crippen LogP contribution in [0.15, 0.2) is 54.9 Å². The van der Waals surface area contributed by atoms with Crippen LogP contribution in [0, 0.1) is 13.8 Å². The Balaban J connectivity index is 1.91. The van der Waals surface area contributed by atoms with Crippen molar-refractivity contribution >= 4 is 11.6 Å². The van der Waals surface area contributed by atoms with Crippen molar-refractivity contribution in [3.8, 4) is 0 Å². The standard InChI is InChI=1S/C19H19ClN2O/c1-13-4-3-5-17(14(13)2)18(23)19-21-10-11-22(19)12-15-6-8-16(20)9-7-15/h3-11,18,23H,12H2,1-2H3. The Morgan fingerprint density at radius 1 is 1.13 bits per heavy atom. The zero-order valence-electron chi connectivity index (χ0n) is 13.2. The van der Waals surface area contributed by atoms with Crippen LogP contribution in [0.25, 0.3) is 0 Å². The van der Waals surface area contributed by atoms with Crippen LogP contribution in [0.3, 0.4) is 0 Å². The van der Waals surface area contributed by atoms with Gasteiger partial charge in [0.2, 0.25) is 0 Å². The summed E-state index contributed by atoms with van der Waals surface area (Å²) in [5, 5.41) is 11.5. The first-order valence-corrected chi connectivity index (χ1v) is 7.93. The Labute approximate surface area is 141 Å². The fourth-order valence-corrected chi connectivity index (χ4v) is 2.82. The molecule has 1 heterocycles. The molecule has 0 radical (unpaired) electrons. The maximum Gasteiger partial charge on any atom is 0.142 e. The van der Waals surface area contributed by atoms with E-state index in [-0.39, 0.29) is 0 Å². The van der Waals surface area contributed by atoms with Crippen LogP contribution < -0.4 is 0 Å². The normalized spacial score (nSPS) is 12.3. The molecule has 0 bridgehead atoms. The topological polar surface area (TPSA) is 38.1 Å². The van der Waals surface area contributed by atoms with Crippen LogP contribution in [-0.4, -0.2) is 14.7 Å². The van der Waals surface area contributed by atoms with Gasteiger partial charge in [0.25, 0.3) is 0 Å². The zero-order chi connectivity index (χ0) is 16.4. The summed E-state index contributed by atoms with van der Waals surface area (Å²) in [4.78, 5) is 4.36. The van der Waals surface area contributed by atoms with Gasteiger partial charge in [-0.2, -0.15) is 0 Å². The van der Waals surface area contributed by atoms with Crippen LogP contribution in [0.1, 0.15) is 34.2 Å². The Kier molecular flexibility index (Phi) is 4.51. The fourth-order valence-electron chi connectivity index (χ4n) is 2.70.